The van der Waals surface area contributed by atoms with Gasteiger partial charge >= 0.3 is 0 Å². The predicted molar refractivity (Wildman–Crippen MR) is 77.2 cm³/mol. The van der Waals surface area contributed by atoms with E-state index in [0.717, 1.165) is 16.9 Å². The van der Waals surface area contributed by atoms with Crippen molar-refractivity contribution in [2.45, 2.75) is 0 Å². The maximum Gasteiger partial charge on any atom is 0.148 e. The summed E-state index contributed by atoms with van der Waals surface area (Å²) in [6.07, 6.45) is 8.32. The molecule has 3 heterocycles. The van der Waals surface area contributed by atoms with E-state index in [-0.39, 0.29) is 0 Å². The highest BCUT2D eigenvalue weighted by Crippen LogP contribution is 2.23. The number of nitrogens with one attached hydrogen (secondary N) is 1. The fourth-order valence-corrected chi connectivity index (χ4v) is 1.81. The van der Waals surface area contributed by atoms with Crippen LogP contribution in [0.15, 0.2) is 55.2 Å². The number of nitrogens with two attached hydrogens (primary N) is 1. The summed E-state index contributed by atoms with van der Waals surface area (Å²) in [4.78, 5) is 16.5. The van der Waals surface area contributed by atoms with E-state index in [1.54, 1.807) is 37.1 Å². The Bertz CT molecular complexity index is 699. The van der Waals surface area contributed by atoms with Crippen LogP contribution in [-0.2, 0) is 0 Å². The molecule has 0 saturated heterocycles. The molecule has 0 saturated carbocycles. The number of nitrogen functional groups attached to an aromatic ring is 1. The predicted octanol–water partition coefficient (Wildman–Crippen LogP) is 2.26. The molecule has 0 aromatic carbocycles. The van der Waals surface area contributed by atoms with E-state index >= 15 is 0 Å². The average molecular weight is 264 g/mol. The topological polar surface area (TPSA) is 89.6 Å². The lowest BCUT2D eigenvalue weighted by molar-refractivity contribution is 1.20. The number of anilines is 3. The van der Waals surface area contributed by atoms with Gasteiger partial charge in [0, 0.05) is 42.1 Å². The van der Waals surface area contributed by atoms with E-state index in [1.165, 1.54) is 0 Å². The summed E-state index contributed by atoms with van der Waals surface area (Å²) in [6.45, 7) is 0. The van der Waals surface area contributed by atoms with Gasteiger partial charge in [-0.1, -0.05) is 0 Å². The number of hydrogen-bond acceptors (Lipinski definition) is 6. The smallest absolute Gasteiger partial charge is 0.148 e. The lowest BCUT2D eigenvalue weighted by Crippen LogP contribution is -1.98. The Labute approximate surface area is 115 Å². The van der Waals surface area contributed by atoms with Crippen molar-refractivity contribution in [3.05, 3.63) is 55.2 Å². The standard InChI is InChI=1S/C14H12N6/c15-13-8-11(19-14-9-17-5-6-18-14)7-12(20-13)10-1-3-16-4-2-10/h1-9H,(H3,15,18,19,20). The molecule has 0 aliphatic heterocycles. The normalized spacial score (nSPS) is 10.2. The van der Waals surface area contributed by atoms with Gasteiger partial charge in [0.15, 0.2) is 0 Å². The van der Waals surface area contributed by atoms with E-state index in [0.29, 0.717) is 11.6 Å². The van der Waals surface area contributed by atoms with Gasteiger partial charge in [0.2, 0.25) is 0 Å². The Morgan fingerprint density at radius 2 is 1.80 bits per heavy atom. The summed E-state index contributed by atoms with van der Waals surface area (Å²) in [5, 5.41) is 3.15. The molecule has 6 heteroatoms. The molecule has 0 radical (unpaired) electrons. The molecule has 3 aromatic heterocycles. The quantitative estimate of drug-likeness (QED) is 0.754. The first-order valence-corrected chi connectivity index (χ1v) is 6.02. The van der Waals surface area contributed by atoms with E-state index < -0.39 is 0 Å². The largest absolute Gasteiger partial charge is 0.384 e. The van der Waals surface area contributed by atoms with Crippen LogP contribution in [0.2, 0.25) is 0 Å². The number of aromatic nitrogens is 4. The van der Waals surface area contributed by atoms with Gasteiger partial charge in [-0.2, -0.15) is 0 Å². The Balaban J connectivity index is 1.95. The van der Waals surface area contributed by atoms with Crippen LogP contribution in [0, 0.1) is 0 Å². The molecule has 0 amide bonds. The van der Waals surface area contributed by atoms with Crippen LogP contribution in [0.3, 0.4) is 0 Å². The highest BCUT2D eigenvalue weighted by molar-refractivity contribution is 5.69. The minimum atomic E-state index is 0.436. The van der Waals surface area contributed by atoms with Crippen molar-refractivity contribution < 1.29 is 0 Å². The highest BCUT2D eigenvalue weighted by atomic mass is 15.0. The van der Waals surface area contributed by atoms with Crippen molar-refractivity contribution in [1.82, 2.24) is 19.9 Å². The third-order valence-corrected chi connectivity index (χ3v) is 2.66. The molecule has 0 aliphatic carbocycles. The first-order chi connectivity index (χ1) is 9.81. The Morgan fingerprint density at radius 3 is 2.55 bits per heavy atom. The molecule has 0 bridgehead atoms. The third kappa shape index (κ3) is 2.69. The Hall–Kier alpha value is -3.02. The van der Waals surface area contributed by atoms with Crippen LogP contribution < -0.4 is 11.1 Å². The molecule has 0 spiro atoms. The van der Waals surface area contributed by atoms with Crippen LogP contribution in [0.1, 0.15) is 0 Å². The molecule has 0 unspecified atom stereocenters. The molecular formula is C14H12N6. The number of hydrogen-bond donors (Lipinski definition) is 2. The van der Waals surface area contributed by atoms with Gasteiger partial charge in [0.05, 0.1) is 11.9 Å². The van der Waals surface area contributed by atoms with Gasteiger partial charge in [0.1, 0.15) is 11.6 Å². The number of pyridine rings is 2. The molecule has 0 aliphatic rings. The molecule has 98 valence electrons. The first-order valence-electron chi connectivity index (χ1n) is 6.02. The fourth-order valence-electron chi connectivity index (χ4n) is 1.81. The highest BCUT2D eigenvalue weighted by Gasteiger charge is 2.04. The zero-order valence-electron chi connectivity index (χ0n) is 10.6. The summed E-state index contributed by atoms with van der Waals surface area (Å²) >= 11 is 0. The van der Waals surface area contributed by atoms with Crippen molar-refractivity contribution >= 4 is 17.3 Å². The van der Waals surface area contributed by atoms with Crippen molar-refractivity contribution in [3.63, 3.8) is 0 Å². The molecule has 0 fully saturated rings. The van der Waals surface area contributed by atoms with Gasteiger partial charge in [-0.15, -0.1) is 0 Å². The molecule has 3 N–H and O–H groups in total. The second-order valence-electron chi connectivity index (χ2n) is 4.12. The van der Waals surface area contributed by atoms with Gasteiger partial charge in [-0.3, -0.25) is 9.97 Å². The van der Waals surface area contributed by atoms with E-state index in [9.17, 15) is 0 Å². The second kappa shape index (κ2) is 5.31. The van der Waals surface area contributed by atoms with E-state index in [2.05, 4.69) is 25.3 Å². The second-order valence-corrected chi connectivity index (χ2v) is 4.12. The molecule has 0 atom stereocenters. The van der Waals surface area contributed by atoms with Crippen LogP contribution in [0.25, 0.3) is 11.3 Å². The van der Waals surface area contributed by atoms with Crippen LogP contribution in [-0.4, -0.2) is 19.9 Å². The van der Waals surface area contributed by atoms with Crippen molar-refractivity contribution in [1.29, 1.82) is 0 Å². The molecule has 6 nitrogen and oxygen atoms in total. The summed E-state index contributed by atoms with van der Waals surface area (Å²) in [5.74, 6) is 1.09. The molecule has 20 heavy (non-hydrogen) atoms. The molecule has 3 rings (SSSR count). The maximum atomic E-state index is 5.85. The molecule has 3 aromatic rings. The van der Waals surface area contributed by atoms with Crippen molar-refractivity contribution in [2.75, 3.05) is 11.1 Å². The maximum absolute atomic E-state index is 5.85. The van der Waals surface area contributed by atoms with Gasteiger partial charge < -0.3 is 11.1 Å². The molecular weight excluding hydrogens is 252 g/mol. The van der Waals surface area contributed by atoms with Crippen LogP contribution in [0.5, 0.6) is 0 Å². The zero-order valence-corrected chi connectivity index (χ0v) is 10.6. The SMILES string of the molecule is Nc1cc(Nc2cnccn2)cc(-c2ccncc2)n1. The number of rotatable bonds is 3. The number of nitrogens with zero attached hydrogens (tertiary/aromatic N) is 4. The van der Waals surface area contributed by atoms with Crippen LogP contribution >= 0.6 is 0 Å². The lowest BCUT2D eigenvalue weighted by atomic mass is 10.1. The van der Waals surface area contributed by atoms with E-state index in [4.69, 9.17) is 5.73 Å². The Morgan fingerprint density at radius 1 is 0.950 bits per heavy atom. The van der Waals surface area contributed by atoms with Crippen molar-refractivity contribution in [3.8, 4) is 11.3 Å². The Kier molecular flexibility index (Phi) is 3.20. The summed E-state index contributed by atoms with van der Waals surface area (Å²) in [7, 11) is 0. The van der Waals surface area contributed by atoms with Gasteiger partial charge in [-0.05, 0) is 18.2 Å². The minimum absolute atomic E-state index is 0.436. The minimum Gasteiger partial charge on any atom is -0.384 e. The monoisotopic (exact) mass is 264 g/mol. The lowest BCUT2D eigenvalue weighted by Gasteiger charge is -2.08. The average Bonchev–Trinajstić information content (AvgIpc) is 2.49. The summed E-state index contributed by atoms with van der Waals surface area (Å²) < 4.78 is 0. The third-order valence-electron chi connectivity index (χ3n) is 2.66. The van der Waals surface area contributed by atoms with Gasteiger partial charge in [0.25, 0.3) is 0 Å². The van der Waals surface area contributed by atoms with Gasteiger partial charge in [-0.25, -0.2) is 9.97 Å². The van der Waals surface area contributed by atoms with E-state index in [1.807, 2.05) is 18.2 Å². The summed E-state index contributed by atoms with van der Waals surface area (Å²) in [6, 6.07) is 7.42. The first kappa shape index (κ1) is 12.0. The fraction of sp³-hybridized carbons (Fsp3) is 0. The zero-order chi connectivity index (χ0) is 13.8. The summed E-state index contributed by atoms with van der Waals surface area (Å²) in [5.41, 5.74) is 8.39. The van der Waals surface area contributed by atoms with Crippen molar-refractivity contribution in [2.24, 2.45) is 0 Å². The van der Waals surface area contributed by atoms with Crippen LogP contribution in [0.4, 0.5) is 17.3 Å².